The minimum atomic E-state index is -0.682. The molecule has 1 rings (SSSR count). The van der Waals surface area contributed by atoms with E-state index in [0.717, 1.165) is 0 Å². The first-order valence-corrected chi connectivity index (χ1v) is 5.87. The Balaban J connectivity index is 3.00. The summed E-state index contributed by atoms with van der Waals surface area (Å²) < 4.78 is 9.92. The number of benzene rings is 1. The van der Waals surface area contributed by atoms with Crippen LogP contribution in [-0.2, 0) is 9.53 Å². The van der Waals surface area contributed by atoms with Crippen LogP contribution in [0.1, 0.15) is 19.4 Å². The van der Waals surface area contributed by atoms with Crippen molar-refractivity contribution >= 4 is 12.0 Å². The van der Waals surface area contributed by atoms with Crippen molar-refractivity contribution in [2.24, 2.45) is 0 Å². The van der Waals surface area contributed by atoms with E-state index in [4.69, 9.17) is 14.7 Å². The van der Waals surface area contributed by atoms with Crippen molar-refractivity contribution < 1.29 is 19.4 Å². The Morgan fingerprint density at radius 2 is 2.16 bits per heavy atom. The van der Waals surface area contributed by atoms with Gasteiger partial charge in [-0.2, -0.15) is 5.26 Å². The summed E-state index contributed by atoms with van der Waals surface area (Å²) in [6.07, 6.45) is 1.35. The van der Waals surface area contributed by atoms with Crippen LogP contribution in [0.25, 0.3) is 6.08 Å². The molecule has 1 N–H and O–H groups in total. The number of nitriles is 1. The number of phenolic OH excluding ortho intramolecular Hbond substituents is 1. The molecule has 5 nitrogen and oxygen atoms in total. The number of esters is 1. The SMILES string of the molecule is CCOC(=O)C(C#N)=Cc1ccc(OCC)c(O)c1. The van der Waals surface area contributed by atoms with Crippen LogP contribution in [0, 0.1) is 11.3 Å². The van der Waals surface area contributed by atoms with E-state index >= 15 is 0 Å². The third kappa shape index (κ3) is 4.03. The molecular weight excluding hydrogens is 246 g/mol. The molecule has 0 radical (unpaired) electrons. The fourth-order valence-corrected chi connectivity index (χ4v) is 1.41. The predicted molar refractivity (Wildman–Crippen MR) is 69.5 cm³/mol. The Morgan fingerprint density at radius 1 is 1.42 bits per heavy atom. The summed E-state index contributed by atoms with van der Waals surface area (Å²) in [5.41, 5.74) is 0.399. The minimum Gasteiger partial charge on any atom is -0.504 e. The number of hydrogen-bond acceptors (Lipinski definition) is 5. The van der Waals surface area contributed by atoms with Crippen molar-refractivity contribution in [3.8, 4) is 17.6 Å². The maximum absolute atomic E-state index is 11.4. The summed E-state index contributed by atoms with van der Waals surface area (Å²) in [6.45, 7) is 4.11. The van der Waals surface area contributed by atoms with Gasteiger partial charge in [-0.05, 0) is 37.6 Å². The van der Waals surface area contributed by atoms with E-state index in [1.165, 1.54) is 12.1 Å². The van der Waals surface area contributed by atoms with Crippen LogP contribution in [-0.4, -0.2) is 24.3 Å². The Hall–Kier alpha value is -2.48. The second-order valence-electron chi connectivity index (χ2n) is 3.55. The third-order valence-electron chi connectivity index (χ3n) is 2.21. The average Bonchev–Trinajstić information content (AvgIpc) is 2.39. The second-order valence-corrected chi connectivity index (χ2v) is 3.55. The standard InChI is InChI=1S/C14H15NO4/c1-3-18-13-6-5-10(8-12(13)16)7-11(9-15)14(17)19-4-2/h5-8,16H,3-4H2,1-2H3. The molecule has 0 saturated carbocycles. The van der Waals surface area contributed by atoms with Crippen molar-refractivity contribution in [3.05, 3.63) is 29.3 Å². The van der Waals surface area contributed by atoms with E-state index in [-0.39, 0.29) is 17.9 Å². The lowest BCUT2D eigenvalue weighted by molar-refractivity contribution is -0.137. The fourth-order valence-electron chi connectivity index (χ4n) is 1.41. The largest absolute Gasteiger partial charge is 0.504 e. The highest BCUT2D eigenvalue weighted by Crippen LogP contribution is 2.27. The molecule has 0 unspecified atom stereocenters. The van der Waals surface area contributed by atoms with Crippen molar-refractivity contribution in [2.45, 2.75) is 13.8 Å². The first-order valence-electron chi connectivity index (χ1n) is 5.87. The predicted octanol–water partition coefficient (Wildman–Crippen LogP) is 2.26. The van der Waals surface area contributed by atoms with Gasteiger partial charge >= 0.3 is 5.97 Å². The molecule has 0 amide bonds. The Bertz CT molecular complexity index is 529. The van der Waals surface area contributed by atoms with E-state index < -0.39 is 5.97 Å². The number of hydrogen-bond donors (Lipinski definition) is 1. The van der Waals surface area contributed by atoms with E-state index in [1.807, 2.05) is 6.92 Å². The molecule has 0 fully saturated rings. The van der Waals surface area contributed by atoms with E-state index in [1.54, 1.807) is 25.1 Å². The maximum atomic E-state index is 11.4. The van der Waals surface area contributed by atoms with Gasteiger partial charge < -0.3 is 14.6 Å². The van der Waals surface area contributed by atoms with Crippen LogP contribution in [0.2, 0.25) is 0 Å². The lowest BCUT2D eigenvalue weighted by Crippen LogP contribution is -2.05. The molecule has 100 valence electrons. The molecular formula is C14H15NO4. The van der Waals surface area contributed by atoms with Gasteiger partial charge in [-0.3, -0.25) is 0 Å². The quantitative estimate of drug-likeness (QED) is 0.499. The van der Waals surface area contributed by atoms with Gasteiger partial charge in [0.2, 0.25) is 0 Å². The van der Waals surface area contributed by atoms with E-state index in [2.05, 4.69) is 0 Å². The van der Waals surface area contributed by atoms with Crippen molar-refractivity contribution in [1.29, 1.82) is 5.26 Å². The van der Waals surface area contributed by atoms with Gasteiger partial charge in [-0.25, -0.2) is 4.79 Å². The Labute approximate surface area is 111 Å². The van der Waals surface area contributed by atoms with Gasteiger partial charge in [-0.1, -0.05) is 6.07 Å². The van der Waals surface area contributed by atoms with Gasteiger partial charge in [-0.15, -0.1) is 0 Å². The molecule has 5 heteroatoms. The molecule has 0 atom stereocenters. The van der Waals surface area contributed by atoms with Crippen LogP contribution < -0.4 is 4.74 Å². The van der Waals surface area contributed by atoms with Gasteiger partial charge in [0.1, 0.15) is 11.6 Å². The number of ether oxygens (including phenoxy) is 2. The number of phenols is 1. The number of carbonyl (C=O) groups is 1. The highest BCUT2D eigenvalue weighted by Gasteiger charge is 2.10. The fraction of sp³-hybridized carbons (Fsp3) is 0.286. The second kappa shape index (κ2) is 7.07. The normalized spacial score (nSPS) is 10.7. The molecule has 19 heavy (non-hydrogen) atoms. The molecule has 0 aliphatic carbocycles. The number of rotatable bonds is 5. The van der Waals surface area contributed by atoms with Gasteiger partial charge in [0.05, 0.1) is 13.2 Å². The van der Waals surface area contributed by atoms with Crippen LogP contribution in [0.4, 0.5) is 0 Å². The van der Waals surface area contributed by atoms with Crippen LogP contribution in [0.3, 0.4) is 0 Å². The zero-order chi connectivity index (χ0) is 14.3. The van der Waals surface area contributed by atoms with Crippen LogP contribution in [0.15, 0.2) is 23.8 Å². The maximum Gasteiger partial charge on any atom is 0.348 e. The molecule has 0 heterocycles. The molecule has 0 aromatic heterocycles. The monoisotopic (exact) mass is 261 g/mol. The van der Waals surface area contributed by atoms with Crippen molar-refractivity contribution in [1.82, 2.24) is 0 Å². The number of aromatic hydroxyl groups is 1. The first-order chi connectivity index (χ1) is 9.12. The summed E-state index contributed by atoms with van der Waals surface area (Å²) in [7, 11) is 0. The molecule has 1 aromatic rings. The zero-order valence-electron chi connectivity index (χ0n) is 10.8. The molecule has 0 aliphatic rings. The number of nitrogens with zero attached hydrogens (tertiary/aromatic N) is 1. The van der Waals surface area contributed by atoms with Gasteiger partial charge in [0.25, 0.3) is 0 Å². The number of carbonyl (C=O) groups excluding carboxylic acids is 1. The molecule has 0 bridgehead atoms. The topological polar surface area (TPSA) is 79.6 Å². The summed E-state index contributed by atoms with van der Waals surface area (Å²) in [6, 6.07) is 6.40. The lowest BCUT2D eigenvalue weighted by Gasteiger charge is -2.06. The summed E-state index contributed by atoms with van der Waals surface area (Å²) >= 11 is 0. The van der Waals surface area contributed by atoms with Crippen LogP contribution >= 0.6 is 0 Å². The molecule has 0 aliphatic heterocycles. The summed E-state index contributed by atoms with van der Waals surface area (Å²) in [5.74, 6) is -0.371. The van der Waals surface area contributed by atoms with E-state index in [9.17, 15) is 9.90 Å². The minimum absolute atomic E-state index is 0.0447. The lowest BCUT2D eigenvalue weighted by atomic mass is 10.1. The third-order valence-corrected chi connectivity index (χ3v) is 2.21. The summed E-state index contributed by atoms with van der Waals surface area (Å²) in [5, 5.41) is 18.6. The zero-order valence-corrected chi connectivity index (χ0v) is 10.8. The summed E-state index contributed by atoms with van der Waals surface area (Å²) in [4.78, 5) is 11.4. The Kier molecular flexibility index (Phi) is 5.42. The average molecular weight is 261 g/mol. The highest BCUT2D eigenvalue weighted by atomic mass is 16.5. The Morgan fingerprint density at radius 3 is 2.68 bits per heavy atom. The van der Waals surface area contributed by atoms with Crippen LogP contribution in [0.5, 0.6) is 11.5 Å². The van der Waals surface area contributed by atoms with Crippen molar-refractivity contribution in [3.63, 3.8) is 0 Å². The van der Waals surface area contributed by atoms with Gasteiger partial charge in [0, 0.05) is 0 Å². The van der Waals surface area contributed by atoms with E-state index in [0.29, 0.717) is 17.9 Å². The molecule has 1 aromatic carbocycles. The molecule has 0 saturated heterocycles. The van der Waals surface area contributed by atoms with Crippen molar-refractivity contribution in [2.75, 3.05) is 13.2 Å². The molecule has 0 spiro atoms. The smallest absolute Gasteiger partial charge is 0.348 e. The first kappa shape index (κ1) is 14.6. The highest BCUT2D eigenvalue weighted by molar-refractivity contribution is 5.97. The van der Waals surface area contributed by atoms with Gasteiger partial charge in [0.15, 0.2) is 11.5 Å².